The van der Waals surface area contributed by atoms with Gasteiger partial charge in [-0.25, -0.2) is 0 Å². The van der Waals surface area contributed by atoms with Crippen LogP contribution in [0.1, 0.15) is 37.8 Å². The first-order valence-electron chi connectivity index (χ1n) is 8.73. The summed E-state index contributed by atoms with van der Waals surface area (Å²) in [6.07, 6.45) is 2.75. The Balaban J connectivity index is 1.96. The first kappa shape index (κ1) is 18.8. The zero-order valence-corrected chi connectivity index (χ0v) is 15.3. The van der Waals surface area contributed by atoms with E-state index in [0.717, 1.165) is 23.4 Å². The van der Waals surface area contributed by atoms with Gasteiger partial charge in [0.2, 0.25) is 5.91 Å². The lowest BCUT2D eigenvalue weighted by molar-refractivity contribution is -0.117. The highest BCUT2D eigenvalue weighted by Crippen LogP contribution is 2.21. The van der Waals surface area contributed by atoms with Gasteiger partial charge >= 0.3 is 0 Å². The maximum Gasteiger partial charge on any atom is 0.231 e. The van der Waals surface area contributed by atoms with Crippen LogP contribution in [0.15, 0.2) is 61.2 Å². The van der Waals surface area contributed by atoms with Gasteiger partial charge in [0.05, 0.1) is 5.92 Å². The molecular weight excluding hydrogens is 310 g/mol. The Bertz CT molecular complexity index is 687. The molecule has 0 heterocycles. The van der Waals surface area contributed by atoms with E-state index in [1.165, 1.54) is 5.56 Å². The summed E-state index contributed by atoms with van der Waals surface area (Å²) in [5.74, 6) is 1.16. The van der Waals surface area contributed by atoms with Crippen molar-refractivity contribution in [3.05, 3.63) is 72.3 Å². The number of ether oxygens (including phenoxy) is 1. The van der Waals surface area contributed by atoms with E-state index in [1.54, 1.807) is 6.08 Å². The highest BCUT2D eigenvalue weighted by atomic mass is 16.5. The molecule has 0 saturated heterocycles. The zero-order valence-electron chi connectivity index (χ0n) is 15.3. The topological polar surface area (TPSA) is 38.3 Å². The Hall–Kier alpha value is -2.55. The third-order valence-corrected chi connectivity index (χ3v) is 4.01. The normalized spacial score (nSPS) is 11.8. The number of carbonyl (C=O) groups excluding carboxylic acids is 1. The summed E-state index contributed by atoms with van der Waals surface area (Å²) in [4.78, 5) is 12.5. The molecule has 1 atom stereocenters. The van der Waals surface area contributed by atoms with Crippen molar-refractivity contribution >= 4 is 11.6 Å². The SMILES string of the molecule is C=CCOc1ccc(NC(=O)C(C)c2ccc(CC(C)C)cc2)cc1. The number of amides is 1. The number of anilines is 1. The van der Waals surface area contributed by atoms with Crippen molar-refractivity contribution in [1.82, 2.24) is 0 Å². The molecule has 0 aromatic heterocycles. The average Bonchev–Trinajstić information content (AvgIpc) is 2.60. The molecule has 1 unspecified atom stereocenters. The predicted octanol–water partition coefficient (Wildman–Crippen LogP) is 5.19. The predicted molar refractivity (Wildman–Crippen MR) is 104 cm³/mol. The van der Waals surface area contributed by atoms with Gasteiger partial charge in [-0.2, -0.15) is 0 Å². The summed E-state index contributed by atoms with van der Waals surface area (Å²) in [6.45, 7) is 10.4. The van der Waals surface area contributed by atoms with Crippen molar-refractivity contribution in [3.8, 4) is 5.75 Å². The fourth-order valence-corrected chi connectivity index (χ4v) is 2.61. The number of rotatable bonds is 8. The molecule has 1 N–H and O–H groups in total. The molecule has 0 aliphatic rings. The van der Waals surface area contributed by atoms with Gasteiger partial charge in [-0.1, -0.05) is 50.8 Å². The summed E-state index contributed by atoms with van der Waals surface area (Å²) >= 11 is 0. The monoisotopic (exact) mass is 337 g/mol. The van der Waals surface area contributed by atoms with E-state index < -0.39 is 0 Å². The molecule has 2 aromatic carbocycles. The maximum absolute atomic E-state index is 12.5. The highest BCUT2D eigenvalue weighted by molar-refractivity contribution is 5.95. The Morgan fingerprint density at radius 1 is 1.08 bits per heavy atom. The lowest BCUT2D eigenvalue weighted by Crippen LogP contribution is -2.18. The second kappa shape index (κ2) is 9.07. The molecule has 3 nitrogen and oxygen atoms in total. The lowest BCUT2D eigenvalue weighted by Gasteiger charge is -2.14. The van der Waals surface area contributed by atoms with Crippen LogP contribution in [0.5, 0.6) is 5.75 Å². The van der Waals surface area contributed by atoms with E-state index in [9.17, 15) is 4.79 Å². The fraction of sp³-hybridized carbons (Fsp3) is 0.318. The minimum Gasteiger partial charge on any atom is -0.490 e. The van der Waals surface area contributed by atoms with Crippen LogP contribution in [0.2, 0.25) is 0 Å². The van der Waals surface area contributed by atoms with Gasteiger partial charge in [-0.3, -0.25) is 4.79 Å². The molecule has 132 valence electrons. The number of carbonyl (C=O) groups is 1. The minimum atomic E-state index is -0.204. The molecule has 0 fully saturated rings. The van der Waals surface area contributed by atoms with Gasteiger partial charge < -0.3 is 10.1 Å². The molecule has 0 bridgehead atoms. The Morgan fingerprint density at radius 3 is 2.28 bits per heavy atom. The van der Waals surface area contributed by atoms with Crippen molar-refractivity contribution in [2.45, 2.75) is 33.1 Å². The van der Waals surface area contributed by atoms with Gasteiger partial charge in [-0.05, 0) is 54.7 Å². The standard InChI is InChI=1S/C22H27NO2/c1-5-14-25-21-12-10-20(11-13-21)23-22(24)17(4)19-8-6-18(7-9-19)15-16(2)3/h5-13,16-17H,1,14-15H2,2-4H3,(H,23,24). The van der Waals surface area contributed by atoms with E-state index in [1.807, 2.05) is 43.3 Å². The van der Waals surface area contributed by atoms with Crippen LogP contribution in [0, 0.1) is 5.92 Å². The Morgan fingerprint density at radius 2 is 1.72 bits per heavy atom. The van der Waals surface area contributed by atoms with Crippen LogP contribution in [-0.2, 0) is 11.2 Å². The van der Waals surface area contributed by atoms with Gasteiger partial charge in [0, 0.05) is 5.69 Å². The van der Waals surface area contributed by atoms with E-state index in [-0.39, 0.29) is 11.8 Å². The molecule has 25 heavy (non-hydrogen) atoms. The van der Waals surface area contributed by atoms with E-state index in [0.29, 0.717) is 12.5 Å². The van der Waals surface area contributed by atoms with Gasteiger partial charge in [-0.15, -0.1) is 0 Å². The van der Waals surface area contributed by atoms with E-state index in [4.69, 9.17) is 4.74 Å². The number of benzene rings is 2. The number of hydrogen-bond acceptors (Lipinski definition) is 2. The van der Waals surface area contributed by atoms with Gasteiger partial charge in [0.15, 0.2) is 0 Å². The molecular formula is C22H27NO2. The highest BCUT2D eigenvalue weighted by Gasteiger charge is 2.15. The molecule has 2 rings (SSSR count). The zero-order chi connectivity index (χ0) is 18.2. The smallest absolute Gasteiger partial charge is 0.231 e. The van der Waals surface area contributed by atoms with Crippen LogP contribution in [0.25, 0.3) is 0 Å². The summed E-state index contributed by atoms with van der Waals surface area (Å²) < 4.78 is 5.44. The van der Waals surface area contributed by atoms with Crippen LogP contribution in [0.4, 0.5) is 5.69 Å². The van der Waals surface area contributed by atoms with Crippen molar-refractivity contribution in [2.75, 3.05) is 11.9 Å². The lowest BCUT2D eigenvalue weighted by atomic mass is 9.96. The molecule has 0 saturated carbocycles. The molecule has 3 heteroatoms. The van der Waals surface area contributed by atoms with Crippen LogP contribution >= 0.6 is 0 Å². The van der Waals surface area contributed by atoms with Crippen molar-refractivity contribution in [2.24, 2.45) is 5.92 Å². The van der Waals surface area contributed by atoms with Gasteiger partial charge in [0.1, 0.15) is 12.4 Å². The molecule has 0 radical (unpaired) electrons. The molecule has 2 aromatic rings. The first-order chi connectivity index (χ1) is 12.0. The van der Waals surface area contributed by atoms with E-state index >= 15 is 0 Å². The summed E-state index contributed by atoms with van der Waals surface area (Å²) in [5.41, 5.74) is 3.09. The van der Waals surface area contributed by atoms with Crippen molar-refractivity contribution in [3.63, 3.8) is 0 Å². The van der Waals surface area contributed by atoms with E-state index in [2.05, 4.69) is 37.9 Å². The molecule has 0 aliphatic heterocycles. The van der Waals surface area contributed by atoms with Crippen LogP contribution in [0.3, 0.4) is 0 Å². The summed E-state index contributed by atoms with van der Waals surface area (Å²) in [6, 6.07) is 15.7. The Kier molecular flexibility index (Phi) is 6.81. The van der Waals surface area contributed by atoms with Crippen LogP contribution < -0.4 is 10.1 Å². The summed E-state index contributed by atoms with van der Waals surface area (Å²) in [7, 11) is 0. The van der Waals surface area contributed by atoms with Crippen molar-refractivity contribution in [1.29, 1.82) is 0 Å². The molecule has 0 spiro atoms. The van der Waals surface area contributed by atoms with Crippen molar-refractivity contribution < 1.29 is 9.53 Å². The fourth-order valence-electron chi connectivity index (χ4n) is 2.61. The molecule has 0 aliphatic carbocycles. The number of hydrogen-bond donors (Lipinski definition) is 1. The molecule has 1 amide bonds. The average molecular weight is 337 g/mol. The van der Waals surface area contributed by atoms with Crippen LogP contribution in [-0.4, -0.2) is 12.5 Å². The Labute approximate surface area is 150 Å². The first-order valence-corrected chi connectivity index (χ1v) is 8.73. The largest absolute Gasteiger partial charge is 0.490 e. The third-order valence-electron chi connectivity index (χ3n) is 4.01. The second-order valence-corrected chi connectivity index (χ2v) is 6.67. The minimum absolute atomic E-state index is 0.0173. The summed E-state index contributed by atoms with van der Waals surface area (Å²) in [5, 5.41) is 2.96. The maximum atomic E-state index is 12.5. The second-order valence-electron chi connectivity index (χ2n) is 6.67. The number of nitrogens with one attached hydrogen (secondary N) is 1. The van der Waals surface area contributed by atoms with Gasteiger partial charge in [0.25, 0.3) is 0 Å². The third kappa shape index (κ3) is 5.79. The quantitative estimate of drug-likeness (QED) is 0.673.